The summed E-state index contributed by atoms with van der Waals surface area (Å²) in [6, 6.07) is 7.34. The molecule has 0 aromatic heterocycles. The molecule has 1 aliphatic rings. The third-order valence-electron chi connectivity index (χ3n) is 3.04. The summed E-state index contributed by atoms with van der Waals surface area (Å²) in [5.41, 5.74) is 0.853. The van der Waals surface area contributed by atoms with E-state index in [0.29, 0.717) is 10.9 Å². The van der Waals surface area contributed by atoms with Gasteiger partial charge in [-0.3, -0.25) is 0 Å². The minimum Gasteiger partial charge on any atom is -0.381 e. The predicted octanol–water partition coefficient (Wildman–Crippen LogP) is 0.711. The summed E-state index contributed by atoms with van der Waals surface area (Å²) in [4.78, 5) is 0.323. The Labute approximate surface area is 108 Å². The van der Waals surface area contributed by atoms with Gasteiger partial charge in [-0.05, 0) is 31.2 Å². The molecule has 1 heterocycles. The van der Waals surface area contributed by atoms with Gasteiger partial charge < -0.3 is 10.6 Å². The molecule has 0 radical (unpaired) electrons. The average molecular weight is 269 g/mol. The number of hydrogen-bond donors (Lipinski definition) is 2. The Morgan fingerprint density at radius 2 is 2.17 bits per heavy atom. The number of benzene rings is 1. The van der Waals surface area contributed by atoms with Crippen molar-refractivity contribution < 1.29 is 8.42 Å². The molecular formula is C12H19N3O2S. The first-order chi connectivity index (χ1) is 8.50. The number of sulfonamides is 1. The molecule has 2 N–H and O–H groups in total. The molecule has 1 fully saturated rings. The van der Waals surface area contributed by atoms with Crippen LogP contribution in [0.4, 0.5) is 5.69 Å². The minimum atomic E-state index is -3.36. The van der Waals surface area contributed by atoms with Crippen molar-refractivity contribution in [3.05, 3.63) is 24.3 Å². The van der Waals surface area contributed by atoms with Gasteiger partial charge in [0, 0.05) is 32.4 Å². The van der Waals surface area contributed by atoms with Crippen LogP contribution >= 0.6 is 0 Å². The highest BCUT2D eigenvalue weighted by Crippen LogP contribution is 2.19. The highest BCUT2D eigenvalue weighted by atomic mass is 32.2. The van der Waals surface area contributed by atoms with E-state index in [1.807, 2.05) is 6.07 Å². The van der Waals surface area contributed by atoms with Gasteiger partial charge in [0.1, 0.15) is 0 Å². The van der Waals surface area contributed by atoms with Crippen molar-refractivity contribution in [1.29, 1.82) is 0 Å². The van der Waals surface area contributed by atoms with Crippen LogP contribution in [-0.4, -0.2) is 45.9 Å². The quantitative estimate of drug-likeness (QED) is 0.845. The number of hydrogen-bond acceptors (Lipinski definition) is 4. The second kappa shape index (κ2) is 5.26. The molecule has 1 aliphatic heterocycles. The number of rotatable bonds is 4. The molecule has 0 spiro atoms. The standard InChI is InChI=1S/C12H19N3O2S/c1-15(2)18(16,17)12-5-3-4-10(8-12)14-11-6-7-13-9-11/h3-5,8,11,13-14H,6-7,9H2,1-2H3. The molecule has 0 bridgehead atoms. The molecule has 1 aromatic carbocycles. The molecule has 5 nitrogen and oxygen atoms in total. The predicted molar refractivity (Wildman–Crippen MR) is 72.2 cm³/mol. The highest BCUT2D eigenvalue weighted by molar-refractivity contribution is 7.89. The first-order valence-corrected chi connectivity index (χ1v) is 7.44. The number of nitrogens with zero attached hydrogens (tertiary/aromatic N) is 1. The zero-order valence-electron chi connectivity index (χ0n) is 10.7. The van der Waals surface area contributed by atoms with E-state index in [-0.39, 0.29) is 0 Å². The van der Waals surface area contributed by atoms with Crippen LogP contribution < -0.4 is 10.6 Å². The van der Waals surface area contributed by atoms with Gasteiger partial charge in [0.2, 0.25) is 10.0 Å². The first-order valence-electron chi connectivity index (χ1n) is 6.00. The second-order valence-corrected chi connectivity index (χ2v) is 6.80. The lowest BCUT2D eigenvalue weighted by Crippen LogP contribution is -2.24. The van der Waals surface area contributed by atoms with Gasteiger partial charge in [-0.25, -0.2) is 12.7 Å². The van der Waals surface area contributed by atoms with E-state index in [1.54, 1.807) is 18.2 Å². The molecule has 1 atom stereocenters. The molecule has 1 unspecified atom stereocenters. The zero-order chi connectivity index (χ0) is 13.2. The van der Waals surface area contributed by atoms with Crippen molar-refractivity contribution in [2.75, 3.05) is 32.5 Å². The van der Waals surface area contributed by atoms with Crippen LogP contribution in [0.1, 0.15) is 6.42 Å². The lowest BCUT2D eigenvalue weighted by molar-refractivity contribution is 0.521. The fourth-order valence-electron chi connectivity index (χ4n) is 1.97. The second-order valence-electron chi connectivity index (χ2n) is 4.65. The largest absolute Gasteiger partial charge is 0.381 e. The fourth-order valence-corrected chi connectivity index (χ4v) is 2.92. The van der Waals surface area contributed by atoms with E-state index in [2.05, 4.69) is 10.6 Å². The Morgan fingerprint density at radius 1 is 1.39 bits per heavy atom. The summed E-state index contributed by atoms with van der Waals surface area (Å²) in [6.45, 7) is 1.93. The molecular weight excluding hydrogens is 250 g/mol. The molecule has 0 saturated carbocycles. The van der Waals surface area contributed by atoms with Gasteiger partial charge in [-0.1, -0.05) is 6.07 Å². The normalized spacial score (nSPS) is 20.3. The maximum Gasteiger partial charge on any atom is 0.242 e. The molecule has 0 amide bonds. The molecule has 1 saturated heterocycles. The van der Waals surface area contributed by atoms with Gasteiger partial charge in [-0.2, -0.15) is 0 Å². The SMILES string of the molecule is CN(C)S(=O)(=O)c1cccc(NC2CCNC2)c1. The Hall–Kier alpha value is -1.11. The molecule has 18 heavy (non-hydrogen) atoms. The van der Waals surface area contributed by atoms with E-state index in [1.165, 1.54) is 18.4 Å². The lowest BCUT2D eigenvalue weighted by Gasteiger charge is -2.15. The van der Waals surface area contributed by atoms with Crippen molar-refractivity contribution in [2.45, 2.75) is 17.4 Å². The van der Waals surface area contributed by atoms with Gasteiger partial charge in [0.25, 0.3) is 0 Å². The number of anilines is 1. The van der Waals surface area contributed by atoms with Crippen molar-refractivity contribution >= 4 is 15.7 Å². The summed E-state index contributed by atoms with van der Waals surface area (Å²) in [5, 5.41) is 6.61. The van der Waals surface area contributed by atoms with Crippen LogP contribution in [0.2, 0.25) is 0 Å². The van der Waals surface area contributed by atoms with Gasteiger partial charge in [0.15, 0.2) is 0 Å². The van der Waals surface area contributed by atoms with Crippen LogP contribution in [-0.2, 0) is 10.0 Å². The highest BCUT2D eigenvalue weighted by Gasteiger charge is 2.18. The van der Waals surface area contributed by atoms with Crippen molar-refractivity contribution in [2.24, 2.45) is 0 Å². The molecule has 0 aliphatic carbocycles. The first kappa shape index (κ1) is 13.3. The topological polar surface area (TPSA) is 61.4 Å². The fraction of sp³-hybridized carbons (Fsp3) is 0.500. The van der Waals surface area contributed by atoms with Gasteiger partial charge in [-0.15, -0.1) is 0 Å². The van der Waals surface area contributed by atoms with E-state index in [0.717, 1.165) is 25.2 Å². The van der Waals surface area contributed by atoms with Crippen molar-refractivity contribution in [3.63, 3.8) is 0 Å². The number of nitrogens with one attached hydrogen (secondary N) is 2. The van der Waals surface area contributed by atoms with Gasteiger partial charge in [0.05, 0.1) is 4.90 Å². The van der Waals surface area contributed by atoms with Crippen molar-refractivity contribution in [3.8, 4) is 0 Å². The Balaban J connectivity index is 2.19. The van der Waals surface area contributed by atoms with Gasteiger partial charge >= 0.3 is 0 Å². The van der Waals surface area contributed by atoms with Crippen LogP contribution in [0.5, 0.6) is 0 Å². The smallest absolute Gasteiger partial charge is 0.242 e. The minimum absolute atomic E-state index is 0.323. The summed E-state index contributed by atoms with van der Waals surface area (Å²) in [6.07, 6.45) is 1.06. The van der Waals surface area contributed by atoms with E-state index in [9.17, 15) is 8.42 Å². The van der Waals surface area contributed by atoms with Crippen molar-refractivity contribution in [1.82, 2.24) is 9.62 Å². The summed E-state index contributed by atoms with van der Waals surface area (Å²) < 4.78 is 25.2. The molecule has 1 aromatic rings. The molecule has 100 valence electrons. The maximum absolute atomic E-state index is 12.0. The Bertz CT molecular complexity index is 508. The summed E-state index contributed by atoms with van der Waals surface area (Å²) in [5.74, 6) is 0. The van der Waals surface area contributed by atoms with Crippen LogP contribution in [0, 0.1) is 0 Å². The third kappa shape index (κ3) is 2.82. The van der Waals surface area contributed by atoms with E-state index < -0.39 is 10.0 Å². The maximum atomic E-state index is 12.0. The molecule has 2 rings (SSSR count). The molecule has 6 heteroatoms. The average Bonchev–Trinajstić information content (AvgIpc) is 2.82. The zero-order valence-corrected chi connectivity index (χ0v) is 11.5. The lowest BCUT2D eigenvalue weighted by atomic mass is 10.2. The van der Waals surface area contributed by atoms with Crippen LogP contribution in [0.15, 0.2) is 29.2 Å². The van der Waals surface area contributed by atoms with Crippen LogP contribution in [0.25, 0.3) is 0 Å². The Kier molecular flexibility index (Phi) is 3.89. The summed E-state index contributed by atoms with van der Waals surface area (Å²) in [7, 11) is -0.279. The summed E-state index contributed by atoms with van der Waals surface area (Å²) >= 11 is 0. The van der Waals surface area contributed by atoms with E-state index in [4.69, 9.17) is 0 Å². The van der Waals surface area contributed by atoms with E-state index >= 15 is 0 Å². The third-order valence-corrected chi connectivity index (χ3v) is 4.85. The Morgan fingerprint density at radius 3 is 2.78 bits per heavy atom. The monoisotopic (exact) mass is 269 g/mol. The van der Waals surface area contributed by atoms with Crippen LogP contribution in [0.3, 0.4) is 0 Å².